The first-order chi connectivity index (χ1) is 35.1. The molecule has 4 heteroatoms. The van der Waals surface area contributed by atoms with E-state index in [1.807, 2.05) is 31.2 Å². The highest BCUT2D eigenvalue weighted by Crippen LogP contribution is 2.42. The molecule has 0 aliphatic rings. The largest absolute Gasteiger partial charge is 0.455 e. The zero-order chi connectivity index (χ0) is 47.4. The summed E-state index contributed by atoms with van der Waals surface area (Å²) in [6.07, 6.45) is 8.17. The second-order valence-electron chi connectivity index (χ2n) is 18.1. The molecule has 4 nitrogen and oxygen atoms in total. The average Bonchev–Trinajstić information content (AvgIpc) is 4.10. The van der Waals surface area contributed by atoms with E-state index in [2.05, 4.69) is 251 Å². The zero-order valence-electron chi connectivity index (χ0n) is 39.2. The van der Waals surface area contributed by atoms with Gasteiger partial charge in [0.1, 0.15) is 11.2 Å². The molecule has 336 valence electrons. The molecule has 0 saturated heterocycles. The van der Waals surface area contributed by atoms with Crippen molar-refractivity contribution in [3.8, 4) is 39.1 Å². The van der Waals surface area contributed by atoms with Crippen molar-refractivity contribution in [2.45, 2.75) is 6.92 Å². The van der Waals surface area contributed by atoms with Gasteiger partial charge in [0.2, 0.25) is 0 Å². The third-order valence-electron chi connectivity index (χ3n) is 14.0. The van der Waals surface area contributed by atoms with Crippen molar-refractivity contribution < 1.29 is 4.42 Å². The van der Waals surface area contributed by atoms with E-state index in [1.165, 1.54) is 32.6 Å². The van der Waals surface area contributed by atoms with Gasteiger partial charge < -0.3 is 18.5 Å². The molecule has 0 saturated carbocycles. The topological polar surface area (TPSA) is 26.2 Å². The molecule has 13 rings (SSSR count). The maximum Gasteiger partial charge on any atom is 0.143 e. The van der Waals surface area contributed by atoms with Gasteiger partial charge in [-0.1, -0.05) is 170 Å². The number of anilines is 3. The molecule has 0 spiro atoms. The highest BCUT2D eigenvalue weighted by molar-refractivity contribution is 6.13. The lowest BCUT2D eigenvalue weighted by Gasteiger charge is -2.26. The summed E-state index contributed by atoms with van der Waals surface area (Å²) in [5, 5.41) is 7.17. The van der Waals surface area contributed by atoms with E-state index < -0.39 is 0 Å². The predicted octanol–water partition coefficient (Wildman–Crippen LogP) is 18.9. The number of para-hydroxylation sites is 5. The van der Waals surface area contributed by atoms with Crippen LogP contribution in [-0.4, -0.2) is 9.13 Å². The summed E-state index contributed by atoms with van der Waals surface area (Å²) in [6.45, 7) is 6.24. The third-order valence-corrected chi connectivity index (χ3v) is 14.0. The van der Waals surface area contributed by atoms with Gasteiger partial charge >= 0.3 is 0 Å². The van der Waals surface area contributed by atoms with Crippen LogP contribution in [0.1, 0.15) is 6.92 Å². The third kappa shape index (κ3) is 7.07. The maximum atomic E-state index is 6.47. The number of furan rings is 1. The Morgan fingerprint density at radius 1 is 0.437 bits per heavy atom. The Labute approximate surface area is 412 Å². The normalized spacial score (nSPS) is 12.1. The molecular weight excluding hydrogens is 863 g/mol. The van der Waals surface area contributed by atoms with Gasteiger partial charge in [0.25, 0.3) is 0 Å². The van der Waals surface area contributed by atoms with Crippen LogP contribution in [0.15, 0.2) is 266 Å². The van der Waals surface area contributed by atoms with Crippen molar-refractivity contribution in [3.05, 3.63) is 261 Å². The first kappa shape index (κ1) is 41.8. The van der Waals surface area contributed by atoms with Crippen LogP contribution in [0.5, 0.6) is 0 Å². The summed E-state index contributed by atoms with van der Waals surface area (Å²) in [6, 6.07) is 83.1. The van der Waals surface area contributed by atoms with E-state index in [1.54, 1.807) is 0 Å². The summed E-state index contributed by atoms with van der Waals surface area (Å²) in [5.74, 6) is 0. The molecule has 71 heavy (non-hydrogen) atoms. The van der Waals surface area contributed by atoms with Crippen molar-refractivity contribution in [3.63, 3.8) is 0 Å². The standard InChI is InChI=1S/C67H47N3O/c1-3-5-16-50(4-2)69-62-24-12-9-19-56(62)58-41-33-48(43-64(58)69)45-27-35-52(36-28-45)68(54-39-31-47(32-40-54)55-22-15-23-61-60-21-11-14-26-66(60)71-67(55)61)53-37-29-46(30-38-53)49-34-42-59-57-20-10-13-25-63(57)70(65(59)44-49)51-17-7-6-8-18-51/h3-44H,2H2,1H3/b5-3-,50-16+. The molecule has 0 bridgehead atoms. The van der Waals surface area contributed by atoms with Crippen LogP contribution in [0.3, 0.4) is 0 Å². The fourth-order valence-corrected chi connectivity index (χ4v) is 10.7. The highest BCUT2D eigenvalue weighted by Gasteiger charge is 2.19. The minimum Gasteiger partial charge on any atom is -0.455 e. The van der Waals surface area contributed by atoms with Crippen LogP contribution >= 0.6 is 0 Å². The Kier molecular flexibility index (Phi) is 10.2. The van der Waals surface area contributed by atoms with E-state index in [-0.39, 0.29) is 0 Å². The van der Waals surface area contributed by atoms with Crippen LogP contribution in [0, 0.1) is 0 Å². The van der Waals surface area contributed by atoms with Gasteiger partial charge in [0, 0.05) is 66.3 Å². The Bertz CT molecular complexity index is 4220. The summed E-state index contributed by atoms with van der Waals surface area (Å²) in [4.78, 5) is 2.35. The van der Waals surface area contributed by atoms with Gasteiger partial charge in [0.05, 0.1) is 22.1 Å². The van der Waals surface area contributed by atoms with E-state index in [0.29, 0.717) is 0 Å². The number of allylic oxidation sites excluding steroid dienone is 5. The average molecular weight is 910 g/mol. The van der Waals surface area contributed by atoms with Crippen molar-refractivity contribution in [1.29, 1.82) is 0 Å². The fourth-order valence-electron chi connectivity index (χ4n) is 10.7. The first-order valence-corrected chi connectivity index (χ1v) is 24.2. The summed E-state index contributed by atoms with van der Waals surface area (Å²) >= 11 is 0. The van der Waals surface area contributed by atoms with Crippen LogP contribution in [0.4, 0.5) is 17.1 Å². The molecule has 0 fully saturated rings. The Morgan fingerprint density at radius 2 is 0.944 bits per heavy atom. The van der Waals surface area contributed by atoms with E-state index in [4.69, 9.17) is 4.42 Å². The van der Waals surface area contributed by atoms with Crippen LogP contribution in [0.25, 0.3) is 110 Å². The lowest BCUT2D eigenvalue weighted by molar-refractivity contribution is 0.670. The number of fused-ring (bicyclic) bond motifs is 9. The molecule has 0 aliphatic heterocycles. The van der Waals surface area contributed by atoms with Crippen molar-refractivity contribution in [2.75, 3.05) is 4.90 Å². The van der Waals surface area contributed by atoms with Gasteiger partial charge in [-0.2, -0.15) is 0 Å². The van der Waals surface area contributed by atoms with Crippen molar-refractivity contribution in [1.82, 2.24) is 9.13 Å². The molecular formula is C67H47N3O. The van der Waals surface area contributed by atoms with Crippen molar-refractivity contribution in [2.24, 2.45) is 0 Å². The monoisotopic (exact) mass is 909 g/mol. The molecule has 10 aromatic carbocycles. The number of hydrogen-bond donors (Lipinski definition) is 0. The number of hydrogen-bond acceptors (Lipinski definition) is 2. The fraction of sp³-hybridized carbons (Fsp3) is 0.0149. The summed E-state index contributed by atoms with van der Waals surface area (Å²) in [7, 11) is 0. The molecule has 3 aromatic heterocycles. The summed E-state index contributed by atoms with van der Waals surface area (Å²) < 4.78 is 11.2. The molecule has 0 amide bonds. The van der Waals surface area contributed by atoms with Gasteiger partial charge in [0.15, 0.2) is 0 Å². The SMILES string of the molecule is C=C/C(=C\C=C/C)n1c2ccccc2c2ccc(-c3ccc(N(c4ccc(-c5ccc6c7ccccc7n(-c7ccccc7)c6c5)cc4)c4ccc(-c5cccc6c5oc5ccccc56)cc4)cc3)cc21. The lowest BCUT2D eigenvalue weighted by atomic mass is 10.0. The molecule has 0 N–H and O–H groups in total. The Morgan fingerprint density at radius 3 is 1.59 bits per heavy atom. The van der Waals surface area contributed by atoms with Crippen LogP contribution < -0.4 is 4.90 Å². The number of aromatic nitrogens is 2. The van der Waals surface area contributed by atoms with Gasteiger partial charge in [-0.05, 0) is 126 Å². The Balaban J connectivity index is 0.903. The Hall–Kier alpha value is -9.38. The minimum absolute atomic E-state index is 0.896. The van der Waals surface area contributed by atoms with E-state index in [0.717, 1.165) is 94.8 Å². The minimum atomic E-state index is 0.896. The molecule has 0 radical (unpaired) electrons. The van der Waals surface area contributed by atoms with Gasteiger partial charge in [-0.25, -0.2) is 0 Å². The van der Waals surface area contributed by atoms with Crippen LogP contribution in [-0.2, 0) is 0 Å². The van der Waals surface area contributed by atoms with Gasteiger partial charge in [-0.15, -0.1) is 0 Å². The molecule has 0 atom stereocenters. The van der Waals surface area contributed by atoms with E-state index in [9.17, 15) is 0 Å². The lowest BCUT2D eigenvalue weighted by Crippen LogP contribution is -2.09. The maximum absolute atomic E-state index is 6.47. The molecule has 0 unspecified atom stereocenters. The zero-order valence-corrected chi connectivity index (χ0v) is 39.2. The second-order valence-corrected chi connectivity index (χ2v) is 18.1. The molecule has 13 aromatic rings. The predicted molar refractivity (Wildman–Crippen MR) is 301 cm³/mol. The highest BCUT2D eigenvalue weighted by atomic mass is 16.3. The van der Waals surface area contributed by atoms with Crippen molar-refractivity contribution >= 4 is 88.3 Å². The molecule has 0 aliphatic carbocycles. The number of benzene rings is 10. The van der Waals surface area contributed by atoms with Gasteiger partial charge in [-0.3, -0.25) is 0 Å². The number of rotatable bonds is 10. The second kappa shape index (κ2) is 17.3. The first-order valence-electron chi connectivity index (χ1n) is 24.2. The smallest absolute Gasteiger partial charge is 0.143 e. The van der Waals surface area contributed by atoms with Crippen LogP contribution in [0.2, 0.25) is 0 Å². The molecule has 3 heterocycles. The quantitative estimate of drug-likeness (QED) is 0.128. The summed E-state index contributed by atoms with van der Waals surface area (Å²) in [5.41, 5.74) is 18.6. The number of nitrogens with zero attached hydrogens (tertiary/aromatic N) is 3. The van der Waals surface area contributed by atoms with E-state index >= 15 is 0 Å².